The summed E-state index contributed by atoms with van der Waals surface area (Å²) in [6.45, 7) is 2.66. The Balaban J connectivity index is 1.72. The molecule has 118 valence electrons. The molecule has 6 heteroatoms. The molecule has 2 aromatic rings. The molecule has 1 saturated carbocycles. The second-order valence-electron chi connectivity index (χ2n) is 6.11. The fraction of sp³-hybridized carbons (Fsp3) is 0.562. The summed E-state index contributed by atoms with van der Waals surface area (Å²) in [7, 11) is 0. The molecule has 0 radical (unpaired) electrons. The third-order valence-corrected chi connectivity index (χ3v) is 5.51. The minimum atomic E-state index is -0.330. The van der Waals surface area contributed by atoms with E-state index in [1.54, 1.807) is 22.3 Å². The lowest BCUT2D eigenvalue weighted by molar-refractivity contribution is -0.128. The van der Waals surface area contributed by atoms with Crippen molar-refractivity contribution < 1.29 is 4.79 Å². The Morgan fingerprint density at radius 1 is 1.45 bits per heavy atom. The maximum absolute atomic E-state index is 13.0. The summed E-state index contributed by atoms with van der Waals surface area (Å²) in [5.74, 6) is 0.169. The van der Waals surface area contributed by atoms with E-state index in [1.165, 1.54) is 17.6 Å². The lowest BCUT2D eigenvalue weighted by atomic mass is 9.72. The number of hydrogen-bond donors (Lipinski definition) is 1. The number of nitrogens with zero attached hydrogens (tertiary/aromatic N) is 3. The van der Waals surface area contributed by atoms with Crippen molar-refractivity contribution in [3.63, 3.8) is 0 Å². The molecule has 1 aliphatic carbocycles. The van der Waals surface area contributed by atoms with Gasteiger partial charge in [-0.05, 0) is 31.2 Å². The normalized spacial score (nSPS) is 18.8. The number of nitrogens with one attached hydrogen (secondary N) is 1. The van der Waals surface area contributed by atoms with Crippen LogP contribution in [0.3, 0.4) is 0 Å². The third kappa shape index (κ3) is 3.06. The molecule has 2 heterocycles. The first-order chi connectivity index (χ1) is 10.7. The smallest absolute Gasteiger partial charge is 0.231 e. The molecular formula is C16H22N4OS. The van der Waals surface area contributed by atoms with Crippen LogP contribution >= 0.6 is 11.3 Å². The number of amides is 1. The first kappa shape index (κ1) is 15.2. The van der Waals surface area contributed by atoms with E-state index < -0.39 is 0 Å². The Kier molecular flexibility index (Phi) is 4.57. The Hall–Kier alpha value is -1.69. The summed E-state index contributed by atoms with van der Waals surface area (Å²) in [5.41, 5.74) is -0.330. The lowest BCUT2D eigenvalue weighted by Crippen LogP contribution is -2.49. The van der Waals surface area contributed by atoms with Crippen LogP contribution in [0.1, 0.15) is 43.9 Å². The Morgan fingerprint density at radius 3 is 2.91 bits per heavy atom. The van der Waals surface area contributed by atoms with Gasteiger partial charge in [0.2, 0.25) is 5.91 Å². The van der Waals surface area contributed by atoms with Crippen molar-refractivity contribution in [3.8, 4) is 0 Å². The maximum atomic E-state index is 13.0. The van der Waals surface area contributed by atoms with Gasteiger partial charge in [-0.2, -0.15) is 5.10 Å². The molecular weight excluding hydrogens is 296 g/mol. The minimum Gasteiger partial charge on any atom is -0.351 e. The van der Waals surface area contributed by atoms with E-state index in [4.69, 9.17) is 0 Å². The molecule has 0 unspecified atom stereocenters. The highest BCUT2D eigenvalue weighted by atomic mass is 32.1. The predicted molar refractivity (Wildman–Crippen MR) is 86.7 cm³/mol. The molecule has 3 rings (SSSR count). The zero-order valence-electron chi connectivity index (χ0n) is 12.9. The van der Waals surface area contributed by atoms with Crippen LogP contribution in [0.5, 0.6) is 0 Å². The molecule has 1 fully saturated rings. The minimum absolute atomic E-state index is 0.0352. The Bertz CT molecular complexity index is 588. The van der Waals surface area contributed by atoms with Crippen molar-refractivity contribution in [2.75, 3.05) is 0 Å². The van der Waals surface area contributed by atoms with E-state index in [0.29, 0.717) is 6.54 Å². The van der Waals surface area contributed by atoms with Crippen LogP contribution in [-0.4, -0.2) is 26.7 Å². The van der Waals surface area contributed by atoms with Gasteiger partial charge in [0.1, 0.15) is 12.7 Å². The van der Waals surface area contributed by atoms with Gasteiger partial charge in [0.25, 0.3) is 0 Å². The Morgan fingerprint density at radius 2 is 2.27 bits per heavy atom. The van der Waals surface area contributed by atoms with E-state index >= 15 is 0 Å². The van der Waals surface area contributed by atoms with Crippen molar-refractivity contribution >= 4 is 17.2 Å². The molecule has 1 amide bonds. The number of aromatic nitrogens is 3. The molecule has 0 bridgehead atoms. The monoisotopic (exact) mass is 318 g/mol. The summed E-state index contributed by atoms with van der Waals surface area (Å²) in [6.07, 6.45) is 8.59. The molecule has 0 aromatic carbocycles. The van der Waals surface area contributed by atoms with Gasteiger partial charge in [-0.15, -0.1) is 11.3 Å². The van der Waals surface area contributed by atoms with E-state index in [2.05, 4.69) is 26.8 Å². The van der Waals surface area contributed by atoms with Crippen LogP contribution in [0.25, 0.3) is 0 Å². The summed E-state index contributed by atoms with van der Waals surface area (Å²) >= 11 is 1.70. The third-order valence-electron chi connectivity index (χ3n) is 4.44. The van der Waals surface area contributed by atoms with Crippen LogP contribution in [-0.2, 0) is 16.8 Å². The van der Waals surface area contributed by atoms with Gasteiger partial charge >= 0.3 is 0 Å². The first-order valence-electron chi connectivity index (χ1n) is 7.88. The summed E-state index contributed by atoms with van der Waals surface area (Å²) in [4.78, 5) is 18.2. The number of thiophene rings is 1. The van der Waals surface area contributed by atoms with Crippen LogP contribution in [0.15, 0.2) is 30.2 Å². The predicted octanol–water partition coefficient (Wildman–Crippen LogP) is 2.75. The second kappa shape index (κ2) is 6.60. The summed E-state index contributed by atoms with van der Waals surface area (Å²) in [5, 5.41) is 9.36. The molecule has 22 heavy (non-hydrogen) atoms. The van der Waals surface area contributed by atoms with E-state index in [-0.39, 0.29) is 17.4 Å². The van der Waals surface area contributed by atoms with Crippen molar-refractivity contribution in [1.82, 2.24) is 20.1 Å². The van der Waals surface area contributed by atoms with Crippen LogP contribution in [0.2, 0.25) is 0 Å². The van der Waals surface area contributed by atoms with Crippen molar-refractivity contribution in [2.24, 2.45) is 0 Å². The van der Waals surface area contributed by atoms with Crippen molar-refractivity contribution in [3.05, 3.63) is 35.0 Å². The van der Waals surface area contributed by atoms with E-state index in [1.807, 2.05) is 13.0 Å². The molecule has 0 aliphatic heterocycles. The maximum Gasteiger partial charge on any atom is 0.231 e. The van der Waals surface area contributed by atoms with Crippen LogP contribution < -0.4 is 5.32 Å². The molecule has 5 nitrogen and oxygen atoms in total. The molecule has 2 aromatic heterocycles. The standard InChI is InChI=1S/C16H22N4OS/c1-13(10-20-12-17-11-18-20)19-15(21)16(7-3-2-4-8-16)14-6-5-9-22-14/h5-6,9,11-13H,2-4,7-8,10H2,1H3,(H,19,21)/t13-/m0/s1. The van der Waals surface area contributed by atoms with Crippen molar-refractivity contribution in [2.45, 2.75) is 57.0 Å². The zero-order chi connectivity index (χ0) is 15.4. The lowest BCUT2D eigenvalue weighted by Gasteiger charge is -2.36. The second-order valence-corrected chi connectivity index (χ2v) is 7.06. The SMILES string of the molecule is C[C@@H](Cn1cncn1)NC(=O)C1(c2cccs2)CCCCC1. The van der Waals surface area contributed by atoms with Gasteiger partial charge in [-0.3, -0.25) is 9.48 Å². The highest BCUT2D eigenvalue weighted by molar-refractivity contribution is 7.10. The number of carbonyl (C=O) groups is 1. The number of rotatable bonds is 5. The van der Waals surface area contributed by atoms with Gasteiger partial charge in [0.05, 0.1) is 12.0 Å². The average molecular weight is 318 g/mol. The van der Waals surface area contributed by atoms with Gasteiger partial charge in [-0.1, -0.05) is 25.3 Å². The fourth-order valence-electron chi connectivity index (χ4n) is 3.31. The summed E-state index contributed by atoms with van der Waals surface area (Å²) in [6, 6.07) is 4.19. The number of carbonyl (C=O) groups excluding carboxylic acids is 1. The quantitative estimate of drug-likeness (QED) is 0.922. The van der Waals surface area contributed by atoms with Gasteiger partial charge < -0.3 is 5.32 Å². The topological polar surface area (TPSA) is 59.8 Å². The average Bonchev–Trinajstić information content (AvgIpc) is 3.21. The molecule has 0 spiro atoms. The highest BCUT2D eigenvalue weighted by Gasteiger charge is 2.42. The van der Waals surface area contributed by atoms with E-state index in [0.717, 1.165) is 25.7 Å². The molecule has 1 aliphatic rings. The van der Waals surface area contributed by atoms with Gasteiger partial charge in [0.15, 0.2) is 0 Å². The Labute approximate surface area is 134 Å². The van der Waals surface area contributed by atoms with Crippen molar-refractivity contribution in [1.29, 1.82) is 0 Å². The molecule has 1 atom stereocenters. The fourth-order valence-corrected chi connectivity index (χ4v) is 4.29. The molecule has 0 saturated heterocycles. The van der Waals surface area contributed by atoms with Gasteiger partial charge in [0, 0.05) is 10.9 Å². The van der Waals surface area contributed by atoms with Gasteiger partial charge in [-0.25, -0.2) is 4.98 Å². The zero-order valence-corrected chi connectivity index (χ0v) is 13.7. The largest absolute Gasteiger partial charge is 0.351 e. The molecule has 1 N–H and O–H groups in total. The van der Waals surface area contributed by atoms with Crippen LogP contribution in [0, 0.1) is 0 Å². The highest BCUT2D eigenvalue weighted by Crippen LogP contribution is 2.41. The number of hydrogen-bond acceptors (Lipinski definition) is 4. The summed E-state index contributed by atoms with van der Waals surface area (Å²) < 4.78 is 1.75. The van der Waals surface area contributed by atoms with E-state index in [9.17, 15) is 4.79 Å². The first-order valence-corrected chi connectivity index (χ1v) is 8.76. The van der Waals surface area contributed by atoms with Crippen LogP contribution in [0.4, 0.5) is 0 Å².